The number of hydrogen-bond donors (Lipinski definition) is 2. The summed E-state index contributed by atoms with van der Waals surface area (Å²) in [4.78, 5) is 25.3. The van der Waals surface area contributed by atoms with Crippen LogP contribution in [-0.2, 0) is 26.7 Å². The quantitative estimate of drug-likeness (QED) is 0.632. The van der Waals surface area contributed by atoms with Crippen molar-refractivity contribution in [1.29, 1.82) is 0 Å². The zero-order valence-corrected chi connectivity index (χ0v) is 19.0. The lowest BCUT2D eigenvalue weighted by atomic mass is 9.86. The van der Waals surface area contributed by atoms with Gasteiger partial charge in [0.1, 0.15) is 21.8 Å². The largest absolute Gasteiger partial charge is 0.463 e. The summed E-state index contributed by atoms with van der Waals surface area (Å²) in [7, 11) is -3.62. The van der Waals surface area contributed by atoms with Crippen LogP contribution in [0.25, 0.3) is 0 Å². The molecule has 3 N–H and O–H groups in total. The molecule has 33 heavy (non-hydrogen) atoms. The number of rotatable bonds is 4. The fourth-order valence-corrected chi connectivity index (χ4v) is 5.36. The monoisotopic (exact) mass is 469 g/mol. The van der Waals surface area contributed by atoms with E-state index >= 15 is 0 Å². The molecule has 1 unspecified atom stereocenters. The van der Waals surface area contributed by atoms with E-state index in [0.717, 1.165) is 5.56 Å². The van der Waals surface area contributed by atoms with Crippen LogP contribution in [0.15, 0.2) is 35.6 Å². The molecule has 0 bridgehead atoms. The molecule has 11 heteroatoms. The fourth-order valence-electron chi connectivity index (χ4n) is 3.70. The van der Waals surface area contributed by atoms with Crippen molar-refractivity contribution in [2.75, 3.05) is 24.3 Å². The topological polar surface area (TPSA) is 146 Å². The summed E-state index contributed by atoms with van der Waals surface area (Å²) < 4.78 is 35.6. The summed E-state index contributed by atoms with van der Waals surface area (Å²) >= 11 is 0. The number of aliphatic imine (C=N–C) groups is 1. The van der Waals surface area contributed by atoms with Gasteiger partial charge in [0.15, 0.2) is 16.4 Å². The molecule has 1 aromatic heterocycles. The van der Waals surface area contributed by atoms with Gasteiger partial charge in [-0.15, -0.1) is 6.42 Å². The molecule has 3 heterocycles. The van der Waals surface area contributed by atoms with Gasteiger partial charge in [-0.2, -0.15) is 0 Å². The predicted octanol–water partition coefficient (Wildman–Crippen LogP) is 1.03. The Balaban J connectivity index is 1.64. The van der Waals surface area contributed by atoms with E-state index in [-0.39, 0.29) is 36.4 Å². The number of nitrogens with one attached hydrogen (secondary N) is 1. The maximum absolute atomic E-state index is 13.0. The third-order valence-corrected chi connectivity index (χ3v) is 8.41. The van der Waals surface area contributed by atoms with Gasteiger partial charge in [-0.25, -0.2) is 18.4 Å². The number of benzene rings is 1. The van der Waals surface area contributed by atoms with E-state index in [2.05, 4.69) is 26.2 Å². The van der Waals surface area contributed by atoms with Crippen LogP contribution in [0.5, 0.6) is 5.88 Å². The first-order valence-electron chi connectivity index (χ1n) is 10.1. The normalized spacial score (nSPS) is 22.5. The van der Waals surface area contributed by atoms with Crippen molar-refractivity contribution in [3.63, 3.8) is 0 Å². The predicted molar refractivity (Wildman–Crippen MR) is 122 cm³/mol. The number of ether oxygens (including phenoxy) is 2. The van der Waals surface area contributed by atoms with Crippen molar-refractivity contribution < 1.29 is 22.7 Å². The van der Waals surface area contributed by atoms with Gasteiger partial charge < -0.3 is 20.5 Å². The number of terminal acetylenes is 1. The summed E-state index contributed by atoms with van der Waals surface area (Å²) in [5.41, 5.74) is 6.87. The average Bonchev–Trinajstić information content (AvgIpc) is 2.77. The van der Waals surface area contributed by atoms with Gasteiger partial charge in [-0.05, 0) is 37.1 Å². The van der Waals surface area contributed by atoms with E-state index in [1.807, 2.05) is 0 Å². The third-order valence-electron chi connectivity index (χ3n) is 5.79. The summed E-state index contributed by atoms with van der Waals surface area (Å²) in [6.45, 7) is 3.49. The number of sulfone groups is 1. The van der Waals surface area contributed by atoms with Crippen molar-refractivity contribution in [3.05, 3.63) is 47.4 Å². The highest BCUT2D eigenvalue weighted by atomic mass is 32.2. The number of anilines is 1. The van der Waals surface area contributed by atoms with Crippen molar-refractivity contribution in [2.24, 2.45) is 10.7 Å². The molecule has 4 rings (SSSR count). The second-order valence-electron chi connectivity index (χ2n) is 8.35. The smallest absolute Gasteiger partial charge is 0.275 e. The molecule has 1 aromatic carbocycles. The number of nitrogens with zero attached hydrogens (tertiary/aromatic N) is 3. The molecule has 2 aliphatic rings. The molecular formula is C22H23N5O5S. The first-order chi connectivity index (χ1) is 15.6. The Morgan fingerprint density at radius 3 is 2.79 bits per heavy atom. The number of amides is 1. The zero-order chi connectivity index (χ0) is 23.9. The van der Waals surface area contributed by atoms with Crippen LogP contribution in [0.2, 0.25) is 0 Å². The summed E-state index contributed by atoms with van der Waals surface area (Å²) in [5.74, 6) is 1.81. The van der Waals surface area contributed by atoms with E-state index in [9.17, 15) is 13.2 Å². The van der Waals surface area contributed by atoms with Crippen LogP contribution in [0.1, 0.15) is 35.5 Å². The van der Waals surface area contributed by atoms with E-state index in [4.69, 9.17) is 21.6 Å². The van der Waals surface area contributed by atoms with Gasteiger partial charge in [0.2, 0.25) is 5.88 Å². The molecule has 2 aromatic rings. The van der Waals surface area contributed by atoms with Crippen molar-refractivity contribution in [3.8, 4) is 18.2 Å². The van der Waals surface area contributed by atoms with E-state index in [0.29, 0.717) is 17.9 Å². The molecule has 172 valence electrons. The number of nitrogens with two attached hydrogens (primary N) is 1. The number of aromatic nitrogens is 2. The highest BCUT2D eigenvalue weighted by Crippen LogP contribution is 2.42. The fraction of sp³-hybridized carbons (Fsp3) is 0.364. The standard InChI is InChI=1S/C22H23N5O5S/c1-4-7-32-18-10-24-17(9-25-18)19(28)26-15-6-5-14-11-31-12-22(16(14)8-15)13-33(29,30)21(2,3)20(23)27-22/h1,5-6,8-10H,7,11-13H2,2-3H3,(H2,23,27)(H,26,28). The van der Waals surface area contributed by atoms with Gasteiger partial charge >= 0.3 is 0 Å². The summed E-state index contributed by atoms with van der Waals surface area (Å²) in [5, 5.41) is 2.76. The molecule has 1 atom stereocenters. The molecule has 2 aliphatic heterocycles. The molecule has 1 amide bonds. The highest BCUT2D eigenvalue weighted by molar-refractivity contribution is 7.93. The molecule has 0 radical (unpaired) electrons. The number of carbonyl (C=O) groups is 1. The van der Waals surface area contributed by atoms with Gasteiger partial charge in [0, 0.05) is 5.69 Å². The summed E-state index contributed by atoms with van der Waals surface area (Å²) in [6, 6.07) is 5.18. The Kier molecular flexibility index (Phi) is 5.59. The minimum Gasteiger partial charge on any atom is -0.463 e. The van der Waals surface area contributed by atoms with Crippen molar-refractivity contribution in [2.45, 2.75) is 30.7 Å². The molecule has 0 saturated carbocycles. The van der Waals surface area contributed by atoms with Crippen LogP contribution in [0, 0.1) is 12.3 Å². The highest BCUT2D eigenvalue weighted by Gasteiger charge is 2.52. The first kappa shape index (κ1) is 22.7. The molecule has 0 saturated heterocycles. The Morgan fingerprint density at radius 1 is 1.33 bits per heavy atom. The Hall–Kier alpha value is -3.49. The van der Waals surface area contributed by atoms with Crippen LogP contribution in [0.3, 0.4) is 0 Å². The molecule has 0 fully saturated rings. The van der Waals surface area contributed by atoms with E-state index in [1.54, 1.807) is 32.0 Å². The molecule has 1 spiro atoms. The third kappa shape index (κ3) is 4.03. The average molecular weight is 470 g/mol. The number of carbonyl (C=O) groups excluding carboxylic acids is 1. The van der Waals surface area contributed by atoms with Crippen molar-refractivity contribution in [1.82, 2.24) is 9.97 Å². The lowest BCUT2D eigenvalue weighted by molar-refractivity contribution is 0.0610. The Labute approximate surface area is 191 Å². The van der Waals surface area contributed by atoms with Gasteiger partial charge in [0.25, 0.3) is 5.91 Å². The maximum Gasteiger partial charge on any atom is 0.275 e. The molecule has 10 nitrogen and oxygen atoms in total. The van der Waals surface area contributed by atoms with Crippen LogP contribution < -0.4 is 15.8 Å². The molecular weight excluding hydrogens is 446 g/mol. The Morgan fingerprint density at radius 2 is 2.12 bits per heavy atom. The summed E-state index contributed by atoms with van der Waals surface area (Å²) in [6.07, 6.45) is 7.71. The van der Waals surface area contributed by atoms with Gasteiger partial charge in [-0.3, -0.25) is 9.79 Å². The second-order valence-corrected chi connectivity index (χ2v) is 10.9. The zero-order valence-electron chi connectivity index (χ0n) is 18.2. The lowest BCUT2D eigenvalue weighted by Crippen LogP contribution is -2.57. The Bertz CT molecular complexity index is 1280. The van der Waals surface area contributed by atoms with Crippen LogP contribution in [-0.4, -0.2) is 53.8 Å². The lowest BCUT2D eigenvalue weighted by Gasteiger charge is -2.42. The maximum atomic E-state index is 13.0. The molecule has 0 aliphatic carbocycles. The number of fused-ring (bicyclic) bond motifs is 2. The second kappa shape index (κ2) is 8.13. The van der Waals surface area contributed by atoms with Gasteiger partial charge in [-0.1, -0.05) is 12.0 Å². The van der Waals surface area contributed by atoms with Crippen LogP contribution in [0.4, 0.5) is 5.69 Å². The van der Waals surface area contributed by atoms with E-state index < -0.39 is 26.0 Å². The van der Waals surface area contributed by atoms with Crippen molar-refractivity contribution >= 4 is 27.3 Å². The first-order valence-corrected chi connectivity index (χ1v) is 11.7. The minimum atomic E-state index is -3.62. The number of amidine groups is 1. The van der Waals surface area contributed by atoms with Crippen LogP contribution >= 0.6 is 0 Å². The SMILES string of the molecule is C#CCOc1cnc(C(=O)Nc2ccc3c(c2)C2(COC3)CS(=O)(=O)C(C)(C)C(N)=N2)cn1. The minimum absolute atomic E-state index is 0.0297. The van der Waals surface area contributed by atoms with E-state index in [1.165, 1.54) is 12.4 Å². The van der Waals surface area contributed by atoms with Gasteiger partial charge in [0.05, 0.1) is 31.4 Å². The number of hydrogen-bond acceptors (Lipinski definition) is 9.